The van der Waals surface area contributed by atoms with Gasteiger partial charge in [-0.1, -0.05) is 18.2 Å². The fourth-order valence-corrected chi connectivity index (χ4v) is 3.03. The van der Waals surface area contributed by atoms with Crippen molar-refractivity contribution >= 4 is 21.9 Å². The van der Waals surface area contributed by atoms with Crippen LogP contribution < -0.4 is 15.1 Å². The summed E-state index contributed by atoms with van der Waals surface area (Å²) in [7, 11) is 0. The Kier molecular flexibility index (Phi) is 5.10. The highest BCUT2D eigenvalue weighted by atomic mass is 16.5. The molecule has 0 amide bonds. The molecule has 0 N–H and O–H groups in total. The van der Waals surface area contributed by atoms with E-state index in [9.17, 15) is 4.79 Å². The summed E-state index contributed by atoms with van der Waals surface area (Å²) in [6.07, 6.45) is 4.48. The highest BCUT2D eigenvalue weighted by Crippen LogP contribution is 2.35. The van der Waals surface area contributed by atoms with Crippen molar-refractivity contribution in [1.82, 2.24) is 0 Å². The molecule has 0 aliphatic carbocycles. The number of fused-ring (bicyclic) bond motifs is 2. The Morgan fingerprint density at radius 1 is 0.778 bits per heavy atom. The lowest BCUT2D eigenvalue weighted by Crippen LogP contribution is -2.02. The number of benzene rings is 2. The van der Waals surface area contributed by atoms with E-state index in [-0.39, 0.29) is 0 Å². The van der Waals surface area contributed by atoms with Gasteiger partial charge in [0.15, 0.2) is 0 Å². The lowest BCUT2D eigenvalue weighted by atomic mass is 10.1. The van der Waals surface area contributed by atoms with Crippen LogP contribution in [0.1, 0.15) is 19.3 Å². The highest BCUT2D eigenvalue weighted by molar-refractivity contribution is 6.01. The van der Waals surface area contributed by atoms with E-state index < -0.39 is 5.63 Å². The predicted molar refractivity (Wildman–Crippen MR) is 104 cm³/mol. The first-order valence-corrected chi connectivity index (χ1v) is 9.06. The molecule has 0 saturated carbocycles. The summed E-state index contributed by atoms with van der Waals surface area (Å²) in [5.41, 5.74) is 0.720. The third kappa shape index (κ3) is 3.97. The smallest absolute Gasteiger partial charge is 0.336 e. The van der Waals surface area contributed by atoms with E-state index in [2.05, 4.69) is 0 Å². The zero-order valence-corrected chi connectivity index (χ0v) is 14.9. The van der Waals surface area contributed by atoms with E-state index in [1.165, 1.54) is 6.07 Å². The van der Waals surface area contributed by atoms with Crippen LogP contribution in [0.4, 0.5) is 0 Å². The molecule has 2 heterocycles. The second-order valence-electron chi connectivity index (χ2n) is 6.27. The molecule has 4 aromatic rings. The minimum Gasteiger partial charge on any atom is -0.494 e. The molecule has 0 radical (unpaired) electrons. The number of furan rings is 1. The van der Waals surface area contributed by atoms with Crippen molar-refractivity contribution in [1.29, 1.82) is 0 Å². The Labute approximate surface area is 156 Å². The Hall–Kier alpha value is -3.21. The van der Waals surface area contributed by atoms with Gasteiger partial charge in [-0.15, -0.1) is 0 Å². The third-order valence-electron chi connectivity index (χ3n) is 4.36. The largest absolute Gasteiger partial charge is 0.494 e. The van der Waals surface area contributed by atoms with Crippen LogP contribution in [-0.4, -0.2) is 13.2 Å². The van der Waals surface area contributed by atoms with Crippen molar-refractivity contribution in [3.63, 3.8) is 0 Å². The molecule has 2 aromatic heterocycles. The van der Waals surface area contributed by atoms with Gasteiger partial charge in [-0.2, -0.15) is 0 Å². The molecule has 0 unspecified atom stereocenters. The van der Waals surface area contributed by atoms with Crippen LogP contribution >= 0.6 is 0 Å². The van der Waals surface area contributed by atoms with Gasteiger partial charge < -0.3 is 18.3 Å². The minimum atomic E-state index is -0.391. The molecule has 4 rings (SSSR count). The minimum absolute atomic E-state index is 0.391. The van der Waals surface area contributed by atoms with Crippen LogP contribution in [0, 0.1) is 0 Å². The maximum absolute atomic E-state index is 11.5. The molecule has 0 fully saturated rings. The van der Waals surface area contributed by atoms with Crippen molar-refractivity contribution in [3.05, 3.63) is 71.3 Å². The summed E-state index contributed by atoms with van der Waals surface area (Å²) >= 11 is 0. The molecule has 0 atom stereocenters. The average Bonchev–Trinajstić information content (AvgIpc) is 3.15. The highest BCUT2D eigenvalue weighted by Gasteiger charge is 2.13. The van der Waals surface area contributed by atoms with Gasteiger partial charge in [0.05, 0.1) is 30.2 Å². The number of hydrogen-bond donors (Lipinski definition) is 0. The Morgan fingerprint density at radius 2 is 1.56 bits per heavy atom. The first-order chi connectivity index (χ1) is 13.3. The third-order valence-corrected chi connectivity index (χ3v) is 4.36. The quantitative estimate of drug-likeness (QED) is 0.319. The summed E-state index contributed by atoms with van der Waals surface area (Å²) < 4.78 is 22.4. The van der Waals surface area contributed by atoms with Gasteiger partial charge in [0.2, 0.25) is 0 Å². The summed E-state index contributed by atoms with van der Waals surface area (Å²) in [5, 5.41) is 1.65. The predicted octanol–water partition coefficient (Wildman–Crippen LogP) is 5.17. The lowest BCUT2D eigenvalue weighted by Gasteiger charge is -2.10. The summed E-state index contributed by atoms with van der Waals surface area (Å²) in [5.74, 6) is 1.59. The van der Waals surface area contributed by atoms with E-state index >= 15 is 0 Å². The number of para-hydroxylation sites is 1. The molecule has 5 nitrogen and oxygen atoms in total. The molecule has 5 heteroatoms. The van der Waals surface area contributed by atoms with Gasteiger partial charge in [0.1, 0.15) is 22.7 Å². The molecule has 138 valence electrons. The monoisotopic (exact) mass is 364 g/mol. The molecule has 0 spiro atoms. The molecular formula is C22H20O5. The SMILES string of the molecule is O=c1ccc2c(OCCCCCOc3ccccc3)c3ccoc3cc2o1. The van der Waals surface area contributed by atoms with Gasteiger partial charge in [0.25, 0.3) is 0 Å². The molecule has 0 aliphatic rings. The maximum Gasteiger partial charge on any atom is 0.336 e. The number of ether oxygens (including phenoxy) is 2. The van der Waals surface area contributed by atoms with E-state index in [0.717, 1.165) is 35.8 Å². The first kappa shape index (κ1) is 17.2. The Balaban J connectivity index is 1.34. The average molecular weight is 364 g/mol. The van der Waals surface area contributed by atoms with Crippen molar-refractivity contribution < 1.29 is 18.3 Å². The van der Waals surface area contributed by atoms with Crippen LogP contribution in [-0.2, 0) is 0 Å². The number of rotatable bonds is 8. The number of unbranched alkanes of at least 4 members (excludes halogenated alkanes) is 2. The lowest BCUT2D eigenvalue weighted by molar-refractivity contribution is 0.282. The number of hydrogen-bond acceptors (Lipinski definition) is 5. The fraction of sp³-hybridized carbons (Fsp3) is 0.227. The maximum atomic E-state index is 11.5. The van der Waals surface area contributed by atoms with Gasteiger partial charge >= 0.3 is 5.63 Å². The summed E-state index contributed by atoms with van der Waals surface area (Å²) in [6.45, 7) is 1.26. The fourth-order valence-electron chi connectivity index (χ4n) is 3.03. The first-order valence-electron chi connectivity index (χ1n) is 9.06. The molecule has 0 aliphatic heterocycles. The van der Waals surface area contributed by atoms with E-state index in [0.29, 0.717) is 30.1 Å². The molecule has 0 bridgehead atoms. The second-order valence-corrected chi connectivity index (χ2v) is 6.27. The standard InChI is InChI=1S/C22H20O5/c23-21-10-9-17-20(27-21)15-19-18(11-14-25-19)22(17)26-13-6-2-5-12-24-16-7-3-1-4-8-16/h1,3-4,7-11,14-15H,2,5-6,12-13H2. The van der Waals surface area contributed by atoms with Gasteiger partial charge in [-0.25, -0.2) is 4.79 Å². The van der Waals surface area contributed by atoms with Crippen LogP contribution in [0.25, 0.3) is 21.9 Å². The summed E-state index contributed by atoms with van der Waals surface area (Å²) in [6, 6.07) is 16.5. The van der Waals surface area contributed by atoms with Crippen LogP contribution in [0.3, 0.4) is 0 Å². The topological polar surface area (TPSA) is 61.8 Å². The zero-order valence-electron chi connectivity index (χ0n) is 14.9. The normalized spacial score (nSPS) is 11.1. The Bertz CT molecular complexity index is 1080. The van der Waals surface area contributed by atoms with Crippen molar-refractivity contribution in [3.8, 4) is 11.5 Å². The van der Waals surface area contributed by atoms with Crippen molar-refractivity contribution in [2.24, 2.45) is 0 Å². The molecule has 2 aromatic carbocycles. The van der Waals surface area contributed by atoms with Gasteiger partial charge in [-0.3, -0.25) is 0 Å². The van der Waals surface area contributed by atoms with E-state index in [1.54, 1.807) is 18.4 Å². The van der Waals surface area contributed by atoms with E-state index in [4.69, 9.17) is 18.3 Å². The van der Waals surface area contributed by atoms with Crippen LogP contribution in [0.5, 0.6) is 11.5 Å². The van der Waals surface area contributed by atoms with Gasteiger partial charge in [0, 0.05) is 12.1 Å². The molecule has 0 saturated heterocycles. The van der Waals surface area contributed by atoms with Crippen molar-refractivity contribution in [2.45, 2.75) is 19.3 Å². The Morgan fingerprint density at radius 3 is 2.41 bits per heavy atom. The van der Waals surface area contributed by atoms with E-state index in [1.807, 2.05) is 36.4 Å². The molecule has 27 heavy (non-hydrogen) atoms. The zero-order chi connectivity index (χ0) is 18.5. The van der Waals surface area contributed by atoms with Crippen LogP contribution in [0.15, 0.2) is 74.5 Å². The van der Waals surface area contributed by atoms with Crippen LogP contribution in [0.2, 0.25) is 0 Å². The second kappa shape index (κ2) is 7.99. The summed E-state index contributed by atoms with van der Waals surface area (Å²) in [4.78, 5) is 11.5. The van der Waals surface area contributed by atoms with Gasteiger partial charge in [-0.05, 0) is 43.5 Å². The molecular weight excluding hydrogens is 344 g/mol. The van der Waals surface area contributed by atoms with Crippen molar-refractivity contribution in [2.75, 3.05) is 13.2 Å².